The van der Waals surface area contributed by atoms with E-state index in [-0.39, 0.29) is 30.1 Å². The van der Waals surface area contributed by atoms with Crippen LogP contribution in [0.2, 0.25) is 0 Å². The lowest BCUT2D eigenvalue weighted by atomic mass is 9.97. The van der Waals surface area contributed by atoms with Gasteiger partial charge in [0.1, 0.15) is 25.0 Å². The number of anilines is 1. The van der Waals surface area contributed by atoms with Gasteiger partial charge in [0, 0.05) is 18.8 Å². The van der Waals surface area contributed by atoms with Gasteiger partial charge in [-0.25, -0.2) is 14.1 Å². The van der Waals surface area contributed by atoms with E-state index in [9.17, 15) is 14.0 Å². The maximum Gasteiger partial charge on any atom is 0.244 e. The number of nitrogens with one attached hydrogen (secondary N) is 1. The van der Waals surface area contributed by atoms with Crippen LogP contribution in [0.4, 0.5) is 10.1 Å². The van der Waals surface area contributed by atoms with E-state index in [1.54, 1.807) is 23.1 Å². The van der Waals surface area contributed by atoms with E-state index in [1.807, 2.05) is 18.2 Å². The molecule has 2 heterocycles. The van der Waals surface area contributed by atoms with Gasteiger partial charge in [-0.05, 0) is 48.2 Å². The summed E-state index contributed by atoms with van der Waals surface area (Å²) in [5.74, 6) is -0.726. The van der Waals surface area contributed by atoms with Crippen molar-refractivity contribution >= 4 is 17.5 Å². The normalized spacial score (nSPS) is 16.3. The summed E-state index contributed by atoms with van der Waals surface area (Å²) < 4.78 is 14.9. The smallest absolute Gasteiger partial charge is 0.244 e. The summed E-state index contributed by atoms with van der Waals surface area (Å²) in [6.07, 6.45) is 4.40. The highest BCUT2D eigenvalue weighted by Gasteiger charge is 2.28. The average Bonchev–Trinajstić information content (AvgIpc) is 3.27. The summed E-state index contributed by atoms with van der Waals surface area (Å²) in [7, 11) is 0. The first-order chi connectivity index (χ1) is 14.6. The van der Waals surface area contributed by atoms with E-state index in [0.717, 1.165) is 24.0 Å². The number of benzene rings is 2. The molecule has 3 aromatic rings. The van der Waals surface area contributed by atoms with Gasteiger partial charge in [0.2, 0.25) is 11.8 Å². The van der Waals surface area contributed by atoms with Crippen LogP contribution in [-0.2, 0) is 16.1 Å². The molecule has 30 heavy (non-hydrogen) atoms. The topological polar surface area (TPSA) is 80.1 Å². The van der Waals surface area contributed by atoms with Crippen LogP contribution >= 0.6 is 0 Å². The van der Waals surface area contributed by atoms with Crippen LogP contribution in [0.5, 0.6) is 0 Å². The molecule has 0 bridgehead atoms. The highest BCUT2D eigenvalue weighted by Crippen LogP contribution is 2.23. The van der Waals surface area contributed by atoms with Crippen molar-refractivity contribution in [1.29, 1.82) is 0 Å². The van der Waals surface area contributed by atoms with E-state index >= 15 is 0 Å². The number of amides is 2. The highest BCUT2D eigenvalue weighted by molar-refractivity contribution is 5.93. The van der Waals surface area contributed by atoms with Crippen LogP contribution in [0.15, 0.2) is 61.2 Å². The number of carbonyl (C=O) groups excluding carboxylic acids is 2. The zero-order chi connectivity index (χ0) is 20.9. The Morgan fingerprint density at radius 3 is 2.70 bits per heavy atom. The molecule has 0 unspecified atom stereocenters. The van der Waals surface area contributed by atoms with E-state index < -0.39 is 0 Å². The third-order valence-corrected chi connectivity index (χ3v) is 5.22. The fraction of sp³-hybridized carbons (Fsp3) is 0.273. The van der Waals surface area contributed by atoms with Crippen molar-refractivity contribution in [2.75, 3.05) is 18.4 Å². The molecule has 1 aliphatic heterocycles. The van der Waals surface area contributed by atoms with Crippen LogP contribution in [0.3, 0.4) is 0 Å². The minimum absolute atomic E-state index is 0.0718. The molecule has 0 aliphatic carbocycles. The Morgan fingerprint density at radius 2 is 1.97 bits per heavy atom. The highest BCUT2D eigenvalue weighted by atomic mass is 19.1. The fourth-order valence-electron chi connectivity index (χ4n) is 3.63. The minimum atomic E-state index is -0.287. The summed E-state index contributed by atoms with van der Waals surface area (Å²) in [5, 5.41) is 6.88. The van der Waals surface area contributed by atoms with Crippen molar-refractivity contribution in [3.05, 3.63) is 67.0 Å². The van der Waals surface area contributed by atoms with Gasteiger partial charge in [-0.15, -0.1) is 0 Å². The Labute approximate surface area is 173 Å². The van der Waals surface area contributed by atoms with Gasteiger partial charge in [0.15, 0.2) is 0 Å². The zero-order valence-electron chi connectivity index (χ0n) is 16.4. The fourth-order valence-corrected chi connectivity index (χ4v) is 3.63. The molecule has 154 valence electrons. The number of piperidine rings is 1. The van der Waals surface area contributed by atoms with Gasteiger partial charge in [-0.2, -0.15) is 5.10 Å². The first-order valence-electron chi connectivity index (χ1n) is 9.85. The molecule has 1 N–H and O–H groups in total. The Bertz CT molecular complexity index is 1020. The second-order valence-electron chi connectivity index (χ2n) is 7.35. The predicted octanol–water partition coefficient (Wildman–Crippen LogP) is 2.96. The number of carbonyl (C=O) groups is 2. The van der Waals surface area contributed by atoms with Crippen LogP contribution in [-0.4, -0.2) is 44.6 Å². The maximum absolute atomic E-state index is 13.4. The number of halogens is 1. The van der Waals surface area contributed by atoms with Crippen molar-refractivity contribution in [2.45, 2.75) is 19.4 Å². The number of rotatable bonds is 5. The predicted molar refractivity (Wildman–Crippen MR) is 110 cm³/mol. The van der Waals surface area contributed by atoms with Gasteiger partial charge in [0.25, 0.3) is 0 Å². The average molecular weight is 407 g/mol. The monoisotopic (exact) mass is 407 g/mol. The van der Waals surface area contributed by atoms with E-state index in [2.05, 4.69) is 15.4 Å². The van der Waals surface area contributed by atoms with Crippen LogP contribution in [0.25, 0.3) is 11.1 Å². The lowest BCUT2D eigenvalue weighted by Gasteiger charge is -2.32. The molecule has 7 nitrogen and oxygen atoms in total. The molecule has 1 atom stereocenters. The summed E-state index contributed by atoms with van der Waals surface area (Å²) >= 11 is 0. The SMILES string of the molecule is O=C(Nc1ccc(-c2cccc(F)c2)cc1)[C@H]1CCCN(C(=O)Cn2cncn2)C1. The number of hydrogen-bond donors (Lipinski definition) is 1. The lowest BCUT2D eigenvalue weighted by Crippen LogP contribution is -2.45. The van der Waals surface area contributed by atoms with E-state index in [0.29, 0.717) is 18.8 Å². The Kier molecular flexibility index (Phi) is 5.83. The molecule has 8 heteroatoms. The van der Waals surface area contributed by atoms with E-state index in [4.69, 9.17) is 0 Å². The van der Waals surface area contributed by atoms with Crippen LogP contribution in [0, 0.1) is 11.7 Å². The molecule has 2 aromatic carbocycles. The lowest BCUT2D eigenvalue weighted by molar-refractivity contribution is -0.135. The van der Waals surface area contributed by atoms with Crippen LogP contribution < -0.4 is 5.32 Å². The van der Waals surface area contributed by atoms with Gasteiger partial charge >= 0.3 is 0 Å². The molecule has 0 spiro atoms. The second-order valence-corrected chi connectivity index (χ2v) is 7.35. The van der Waals surface area contributed by atoms with E-state index in [1.165, 1.54) is 29.5 Å². The largest absolute Gasteiger partial charge is 0.340 e. The molecular formula is C22H22FN5O2. The Hall–Kier alpha value is -3.55. The molecular weight excluding hydrogens is 385 g/mol. The third-order valence-electron chi connectivity index (χ3n) is 5.22. The van der Waals surface area contributed by atoms with Crippen molar-refractivity contribution < 1.29 is 14.0 Å². The second kappa shape index (κ2) is 8.86. The molecule has 0 saturated carbocycles. The Morgan fingerprint density at radius 1 is 1.13 bits per heavy atom. The first kappa shape index (κ1) is 19.8. The maximum atomic E-state index is 13.4. The minimum Gasteiger partial charge on any atom is -0.340 e. The molecule has 1 aromatic heterocycles. The molecule has 2 amide bonds. The number of nitrogens with zero attached hydrogens (tertiary/aromatic N) is 4. The zero-order valence-corrected chi connectivity index (χ0v) is 16.4. The number of hydrogen-bond acceptors (Lipinski definition) is 4. The third kappa shape index (κ3) is 4.71. The first-order valence-corrected chi connectivity index (χ1v) is 9.85. The molecule has 1 aliphatic rings. The van der Waals surface area contributed by atoms with Gasteiger partial charge < -0.3 is 10.2 Å². The van der Waals surface area contributed by atoms with Crippen molar-refractivity contribution in [3.8, 4) is 11.1 Å². The van der Waals surface area contributed by atoms with Gasteiger partial charge in [-0.1, -0.05) is 24.3 Å². The summed E-state index contributed by atoms with van der Waals surface area (Å²) in [5.41, 5.74) is 2.32. The van der Waals surface area contributed by atoms with Crippen molar-refractivity contribution in [1.82, 2.24) is 19.7 Å². The molecule has 0 radical (unpaired) electrons. The van der Waals surface area contributed by atoms with Crippen molar-refractivity contribution in [3.63, 3.8) is 0 Å². The molecule has 1 fully saturated rings. The van der Waals surface area contributed by atoms with Crippen molar-refractivity contribution in [2.24, 2.45) is 5.92 Å². The summed E-state index contributed by atoms with van der Waals surface area (Å²) in [4.78, 5) is 30.7. The van der Waals surface area contributed by atoms with Crippen LogP contribution in [0.1, 0.15) is 12.8 Å². The molecule has 1 saturated heterocycles. The number of likely N-dealkylation sites (tertiary alicyclic amines) is 1. The summed E-state index contributed by atoms with van der Waals surface area (Å²) in [6.45, 7) is 1.15. The Balaban J connectivity index is 1.35. The quantitative estimate of drug-likeness (QED) is 0.705. The molecule has 4 rings (SSSR count). The van der Waals surface area contributed by atoms with Gasteiger partial charge in [-0.3, -0.25) is 9.59 Å². The standard InChI is InChI=1S/C22H22FN5O2/c23-19-5-1-3-17(11-19)16-6-8-20(9-7-16)26-22(30)18-4-2-10-27(12-18)21(29)13-28-15-24-14-25-28/h1,3,5-9,11,14-15,18H,2,4,10,12-13H2,(H,26,30)/t18-/m0/s1. The number of aromatic nitrogens is 3. The summed E-state index contributed by atoms with van der Waals surface area (Å²) in [6, 6.07) is 13.7. The van der Waals surface area contributed by atoms with Gasteiger partial charge in [0.05, 0.1) is 5.92 Å².